The van der Waals surface area contributed by atoms with Crippen molar-refractivity contribution in [3.8, 4) is 0 Å². The van der Waals surface area contributed by atoms with E-state index in [0.29, 0.717) is 13.0 Å². The van der Waals surface area contributed by atoms with E-state index in [9.17, 15) is 4.79 Å². The van der Waals surface area contributed by atoms with Crippen LogP contribution in [-0.4, -0.2) is 17.4 Å². The lowest BCUT2D eigenvalue weighted by Crippen LogP contribution is -2.24. The van der Waals surface area contributed by atoms with Crippen LogP contribution in [0.15, 0.2) is 24.5 Å². The van der Waals surface area contributed by atoms with Crippen molar-refractivity contribution in [2.24, 2.45) is 0 Å². The van der Waals surface area contributed by atoms with Crippen LogP contribution in [-0.2, 0) is 11.2 Å². The molecule has 64 valence electrons. The maximum Gasteiger partial charge on any atom is 0.224 e. The Balaban J connectivity index is 2.47. The molecule has 0 aromatic carbocycles. The van der Waals surface area contributed by atoms with Crippen molar-refractivity contribution in [3.63, 3.8) is 0 Å². The summed E-state index contributed by atoms with van der Waals surface area (Å²) in [7, 11) is 0. The molecule has 0 saturated carbocycles. The minimum atomic E-state index is 0.0468. The van der Waals surface area contributed by atoms with Gasteiger partial charge >= 0.3 is 0 Å². The first kappa shape index (κ1) is 8.71. The van der Waals surface area contributed by atoms with Gasteiger partial charge in [0.15, 0.2) is 0 Å². The van der Waals surface area contributed by atoms with Crippen LogP contribution in [0.25, 0.3) is 0 Å². The van der Waals surface area contributed by atoms with E-state index in [-0.39, 0.29) is 5.91 Å². The minimum Gasteiger partial charge on any atom is -0.356 e. The third-order valence-electron chi connectivity index (χ3n) is 1.46. The number of carbonyl (C=O) groups excluding carboxylic acids is 1. The van der Waals surface area contributed by atoms with Crippen molar-refractivity contribution in [1.29, 1.82) is 0 Å². The van der Waals surface area contributed by atoms with E-state index in [0.717, 1.165) is 5.56 Å². The van der Waals surface area contributed by atoms with Gasteiger partial charge in [0, 0.05) is 18.9 Å². The molecule has 3 heteroatoms. The minimum absolute atomic E-state index is 0.0468. The van der Waals surface area contributed by atoms with E-state index < -0.39 is 0 Å². The SMILES string of the molecule is CCNC(=O)Cc1cccnc1. The third-order valence-corrected chi connectivity index (χ3v) is 1.46. The highest BCUT2D eigenvalue weighted by atomic mass is 16.1. The molecule has 0 bridgehead atoms. The van der Waals surface area contributed by atoms with Gasteiger partial charge in [-0.1, -0.05) is 6.07 Å². The van der Waals surface area contributed by atoms with Gasteiger partial charge in [-0.3, -0.25) is 9.78 Å². The van der Waals surface area contributed by atoms with Gasteiger partial charge in [-0.2, -0.15) is 0 Å². The normalized spacial score (nSPS) is 9.42. The fourth-order valence-electron chi connectivity index (χ4n) is 0.948. The Morgan fingerprint density at radius 2 is 2.50 bits per heavy atom. The summed E-state index contributed by atoms with van der Waals surface area (Å²) in [6.45, 7) is 2.58. The molecule has 0 atom stereocenters. The summed E-state index contributed by atoms with van der Waals surface area (Å²) in [5, 5.41) is 2.73. The van der Waals surface area contributed by atoms with Crippen LogP contribution in [0.2, 0.25) is 0 Å². The first-order valence-corrected chi connectivity index (χ1v) is 3.98. The molecule has 1 amide bonds. The molecule has 0 aliphatic rings. The molecule has 1 heterocycles. The number of amides is 1. The van der Waals surface area contributed by atoms with Crippen molar-refractivity contribution in [3.05, 3.63) is 30.1 Å². The predicted octanol–water partition coefficient (Wildman–Crippen LogP) is 0.760. The lowest BCUT2D eigenvalue weighted by atomic mass is 10.2. The number of nitrogens with one attached hydrogen (secondary N) is 1. The molecule has 1 N–H and O–H groups in total. The van der Waals surface area contributed by atoms with Crippen molar-refractivity contribution >= 4 is 5.91 Å². The summed E-state index contributed by atoms with van der Waals surface area (Å²) in [5.41, 5.74) is 0.948. The van der Waals surface area contributed by atoms with Gasteiger partial charge < -0.3 is 5.32 Å². The first-order valence-electron chi connectivity index (χ1n) is 3.98. The molecular formula is C9H12N2O. The van der Waals surface area contributed by atoms with Crippen LogP contribution >= 0.6 is 0 Å². The molecule has 12 heavy (non-hydrogen) atoms. The summed E-state index contributed by atoms with van der Waals surface area (Å²) in [6.07, 6.45) is 3.82. The van der Waals surface area contributed by atoms with E-state index >= 15 is 0 Å². The largest absolute Gasteiger partial charge is 0.356 e. The number of pyridine rings is 1. The van der Waals surface area contributed by atoms with Crippen molar-refractivity contribution in [2.45, 2.75) is 13.3 Å². The molecule has 1 aromatic rings. The Morgan fingerprint density at radius 3 is 3.08 bits per heavy atom. The zero-order chi connectivity index (χ0) is 8.81. The molecular weight excluding hydrogens is 152 g/mol. The topological polar surface area (TPSA) is 42.0 Å². The fourth-order valence-corrected chi connectivity index (χ4v) is 0.948. The monoisotopic (exact) mass is 164 g/mol. The van der Waals surface area contributed by atoms with Crippen LogP contribution in [0.3, 0.4) is 0 Å². The molecule has 0 saturated heterocycles. The third kappa shape index (κ3) is 2.70. The van der Waals surface area contributed by atoms with E-state index in [1.54, 1.807) is 12.4 Å². The highest BCUT2D eigenvalue weighted by molar-refractivity contribution is 5.78. The van der Waals surface area contributed by atoms with E-state index in [1.165, 1.54) is 0 Å². The number of nitrogens with zero attached hydrogens (tertiary/aromatic N) is 1. The molecule has 0 spiro atoms. The predicted molar refractivity (Wildman–Crippen MR) is 46.6 cm³/mol. The van der Waals surface area contributed by atoms with Gasteiger partial charge in [0.1, 0.15) is 0 Å². The van der Waals surface area contributed by atoms with Gasteiger partial charge in [0.2, 0.25) is 5.91 Å². The smallest absolute Gasteiger partial charge is 0.224 e. The van der Waals surface area contributed by atoms with E-state index in [2.05, 4.69) is 10.3 Å². The first-order chi connectivity index (χ1) is 5.83. The lowest BCUT2D eigenvalue weighted by molar-refractivity contribution is -0.120. The summed E-state index contributed by atoms with van der Waals surface area (Å²) in [4.78, 5) is 15.0. The molecule has 3 nitrogen and oxygen atoms in total. The second-order valence-electron chi connectivity index (χ2n) is 2.49. The van der Waals surface area contributed by atoms with Gasteiger partial charge in [0.25, 0.3) is 0 Å². The van der Waals surface area contributed by atoms with Gasteiger partial charge in [-0.25, -0.2) is 0 Å². The highest BCUT2D eigenvalue weighted by Crippen LogP contribution is 1.95. The molecule has 0 aliphatic carbocycles. The highest BCUT2D eigenvalue weighted by Gasteiger charge is 1.99. The Bertz CT molecular complexity index is 246. The standard InChI is InChI=1S/C9H12N2O/c1-2-11-9(12)6-8-4-3-5-10-7-8/h3-5,7H,2,6H2,1H3,(H,11,12). The number of hydrogen-bond acceptors (Lipinski definition) is 2. The van der Waals surface area contributed by atoms with Crippen LogP contribution in [0, 0.1) is 0 Å². The van der Waals surface area contributed by atoms with Crippen molar-refractivity contribution < 1.29 is 4.79 Å². The van der Waals surface area contributed by atoms with Crippen LogP contribution in [0.5, 0.6) is 0 Å². The van der Waals surface area contributed by atoms with Crippen LogP contribution in [0.1, 0.15) is 12.5 Å². The second-order valence-corrected chi connectivity index (χ2v) is 2.49. The summed E-state index contributed by atoms with van der Waals surface area (Å²) >= 11 is 0. The Kier molecular flexibility index (Phi) is 3.26. The quantitative estimate of drug-likeness (QED) is 0.716. The zero-order valence-corrected chi connectivity index (χ0v) is 7.08. The van der Waals surface area contributed by atoms with Crippen LogP contribution < -0.4 is 5.32 Å². The van der Waals surface area contributed by atoms with E-state index in [4.69, 9.17) is 0 Å². The average molecular weight is 164 g/mol. The van der Waals surface area contributed by atoms with Gasteiger partial charge in [-0.05, 0) is 18.6 Å². The number of carbonyl (C=O) groups is 1. The number of likely N-dealkylation sites (N-methyl/N-ethyl adjacent to an activating group) is 1. The average Bonchev–Trinajstić information content (AvgIpc) is 2.06. The summed E-state index contributed by atoms with van der Waals surface area (Å²) in [5.74, 6) is 0.0468. The summed E-state index contributed by atoms with van der Waals surface area (Å²) in [6, 6.07) is 3.72. The van der Waals surface area contributed by atoms with Crippen molar-refractivity contribution in [1.82, 2.24) is 10.3 Å². The molecule has 0 fully saturated rings. The van der Waals surface area contributed by atoms with Gasteiger partial charge in [-0.15, -0.1) is 0 Å². The second kappa shape index (κ2) is 4.49. The molecule has 1 rings (SSSR count). The Labute approximate surface area is 71.8 Å². The Hall–Kier alpha value is -1.38. The van der Waals surface area contributed by atoms with Crippen LogP contribution in [0.4, 0.5) is 0 Å². The molecule has 1 aromatic heterocycles. The maximum atomic E-state index is 11.1. The molecule has 0 aliphatic heterocycles. The van der Waals surface area contributed by atoms with Gasteiger partial charge in [0.05, 0.1) is 6.42 Å². The molecule has 0 unspecified atom stereocenters. The Morgan fingerprint density at radius 1 is 1.67 bits per heavy atom. The van der Waals surface area contributed by atoms with Crippen molar-refractivity contribution in [2.75, 3.05) is 6.54 Å². The number of rotatable bonds is 3. The lowest BCUT2D eigenvalue weighted by Gasteiger charge is -2.00. The number of hydrogen-bond donors (Lipinski definition) is 1. The zero-order valence-electron chi connectivity index (χ0n) is 7.08. The number of aromatic nitrogens is 1. The van der Waals surface area contributed by atoms with E-state index in [1.807, 2.05) is 19.1 Å². The molecule has 0 radical (unpaired) electrons. The fraction of sp³-hybridized carbons (Fsp3) is 0.333. The summed E-state index contributed by atoms with van der Waals surface area (Å²) < 4.78 is 0. The maximum absolute atomic E-state index is 11.1.